The Balaban J connectivity index is 1.65. The molecule has 2 nitrogen and oxygen atoms in total. The van der Waals surface area contributed by atoms with Crippen LogP contribution in [0.5, 0.6) is 0 Å². The van der Waals surface area contributed by atoms with Gasteiger partial charge in [-0.15, -0.1) is 0 Å². The van der Waals surface area contributed by atoms with Gasteiger partial charge in [0.2, 0.25) is 0 Å². The first-order valence-corrected chi connectivity index (χ1v) is 9.76. The van der Waals surface area contributed by atoms with E-state index < -0.39 is 0 Å². The molecule has 0 bridgehead atoms. The molecule has 4 rings (SSSR count). The molecule has 0 radical (unpaired) electrons. The van der Waals surface area contributed by atoms with Crippen molar-refractivity contribution in [1.82, 2.24) is 0 Å². The molecule has 1 saturated carbocycles. The van der Waals surface area contributed by atoms with E-state index in [1.807, 2.05) is 0 Å². The Morgan fingerprint density at radius 3 is 2.64 bits per heavy atom. The first-order valence-electron chi connectivity index (χ1n) is 9.76. The first kappa shape index (κ1) is 16.4. The Labute approximate surface area is 151 Å². The molecule has 3 heteroatoms. The van der Waals surface area contributed by atoms with E-state index in [1.54, 1.807) is 0 Å². The molecule has 1 aliphatic heterocycles. The van der Waals surface area contributed by atoms with Gasteiger partial charge in [-0.05, 0) is 36.0 Å². The van der Waals surface area contributed by atoms with Crippen LogP contribution in [0, 0.1) is 5.92 Å². The lowest BCUT2D eigenvalue weighted by molar-refractivity contribution is -0.658. The van der Waals surface area contributed by atoms with Crippen LogP contribution >= 0.6 is 0 Å². The SMILES string of the molecule is CB1C=c2ccccc2=CN1c1cc(CC2CCCCC2)cc[n+]1C. The Bertz CT molecular complexity index is 868. The van der Waals surface area contributed by atoms with E-state index in [0.717, 1.165) is 5.92 Å². The Morgan fingerprint density at radius 2 is 1.84 bits per heavy atom. The molecule has 1 aromatic carbocycles. The highest BCUT2D eigenvalue weighted by atomic mass is 15.2. The van der Waals surface area contributed by atoms with E-state index >= 15 is 0 Å². The second-order valence-electron chi connectivity index (χ2n) is 7.78. The molecule has 25 heavy (non-hydrogen) atoms. The second kappa shape index (κ2) is 7.07. The summed E-state index contributed by atoms with van der Waals surface area (Å²) in [5.41, 5.74) is 1.49. The second-order valence-corrected chi connectivity index (χ2v) is 7.78. The maximum atomic E-state index is 2.41. The standard InChI is InChI=1S/C22H28BN2/c1-23-16-20-10-6-7-11-21(20)17-25(23)22-15-19(12-13-24(22)2)14-18-8-4-3-5-9-18/h6-7,10-13,15-18H,3-5,8-9,14H2,1-2H3/q+1. The molecule has 1 aliphatic carbocycles. The molecular weight excluding hydrogens is 303 g/mol. The Morgan fingerprint density at radius 1 is 1.08 bits per heavy atom. The zero-order valence-electron chi connectivity index (χ0n) is 15.5. The number of pyridine rings is 1. The van der Waals surface area contributed by atoms with Crippen molar-refractivity contribution in [1.29, 1.82) is 0 Å². The summed E-state index contributed by atoms with van der Waals surface area (Å²) in [5.74, 6) is 4.53. The summed E-state index contributed by atoms with van der Waals surface area (Å²) >= 11 is 0. The third-order valence-corrected chi connectivity index (χ3v) is 5.84. The third kappa shape index (κ3) is 3.51. The lowest BCUT2D eigenvalue weighted by Gasteiger charge is -2.23. The van der Waals surface area contributed by atoms with E-state index in [4.69, 9.17) is 0 Å². The maximum Gasteiger partial charge on any atom is 0.402 e. The molecule has 2 aliphatic rings. The number of hydrogen-bond donors (Lipinski definition) is 0. The molecule has 0 unspecified atom stereocenters. The van der Waals surface area contributed by atoms with Crippen LogP contribution in [-0.2, 0) is 13.5 Å². The fourth-order valence-corrected chi connectivity index (χ4v) is 4.37. The van der Waals surface area contributed by atoms with Crippen LogP contribution < -0.4 is 19.8 Å². The number of rotatable bonds is 3. The van der Waals surface area contributed by atoms with Crippen molar-refractivity contribution in [3.63, 3.8) is 0 Å². The first-order chi connectivity index (χ1) is 12.2. The Hall–Kier alpha value is -2.03. The number of benzene rings is 1. The van der Waals surface area contributed by atoms with Crippen molar-refractivity contribution < 1.29 is 4.57 Å². The van der Waals surface area contributed by atoms with Gasteiger partial charge in [-0.3, -0.25) is 4.81 Å². The summed E-state index contributed by atoms with van der Waals surface area (Å²) in [5, 5.41) is 2.64. The molecular formula is C22H28BN2+. The van der Waals surface area contributed by atoms with Crippen molar-refractivity contribution in [3.05, 3.63) is 58.6 Å². The van der Waals surface area contributed by atoms with Gasteiger partial charge in [0.1, 0.15) is 0 Å². The predicted molar refractivity (Wildman–Crippen MR) is 107 cm³/mol. The smallest absolute Gasteiger partial charge is 0.293 e. The van der Waals surface area contributed by atoms with Gasteiger partial charge in [-0.2, -0.15) is 0 Å². The summed E-state index contributed by atoms with van der Waals surface area (Å²) in [6, 6.07) is 13.4. The van der Waals surface area contributed by atoms with Crippen LogP contribution in [0.1, 0.15) is 37.7 Å². The summed E-state index contributed by atoms with van der Waals surface area (Å²) in [6.45, 7) is 2.64. The molecule has 0 saturated heterocycles. The Kier molecular flexibility index (Phi) is 4.65. The van der Waals surface area contributed by atoms with Gasteiger partial charge in [0.15, 0.2) is 0 Å². The van der Waals surface area contributed by atoms with Crippen molar-refractivity contribution in [2.45, 2.75) is 45.3 Å². The zero-order chi connectivity index (χ0) is 17.2. The predicted octanol–water partition coefficient (Wildman–Crippen LogP) is 2.83. The number of hydrogen-bond acceptors (Lipinski definition) is 1. The molecule has 1 fully saturated rings. The van der Waals surface area contributed by atoms with E-state index in [0.29, 0.717) is 6.85 Å². The number of aryl methyl sites for hydroxylation is 1. The van der Waals surface area contributed by atoms with Gasteiger partial charge in [0.05, 0.1) is 19.4 Å². The van der Waals surface area contributed by atoms with Crippen molar-refractivity contribution >= 4 is 24.8 Å². The van der Waals surface area contributed by atoms with Gasteiger partial charge in [-0.1, -0.05) is 62.3 Å². The van der Waals surface area contributed by atoms with E-state index in [2.05, 4.69) is 78.0 Å². The quantitative estimate of drug-likeness (QED) is 0.620. The van der Waals surface area contributed by atoms with Gasteiger partial charge in [0.25, 0.3) is 5.82 Å². The van der Waals surface area contributed by atoms with E-state index in [-0.39, 0.29) is 0 Å². The number of nitrogens with zero attached hydrogens (tertiary/aromatic N) is 2. The minimum Gasteiger partial charge on any atom is -0.293 e. The van der Waals surface area contributed by atoms with E-state index in [1.165, 1.54) is 60.3 Å². The summed E-state index contributed by atoms with van der Waals surface area (Å²) in [4.78, 5) is 2.41. The third-order valence-electron chi connectivity index (χ3n) is 5.84. The van der Waals surface area contributed by atoms with E-state index in [9.17, 15) is 0 Å². The minimum absolute atomic E-state index is 0.367. The van der Waals surface area contributed by atoms with Gasteiger partial charge >= 0.3 is 6.85 Å². The van der Waals surface area contributed by atoms with Gasteiger partial charge in [-0.25, -0.2) is 4.57 Å². The van der Waals surface area contributed by atoms with Crippen LogP contribution in [0.4, 0.5) is 5.82 Å². The molecule has 0 spiro atoms. The fourth-order valence-electron chi connectivity index (χ4n) is 4.37. The normalized spacial score (nSPS) is 17.7. The minimum atomic E-state index is 0.367. The molecule has 2 aromatic rings. The highest BCUT2D eigenvalue weighted by Crippen LogP contribution is 2.27. The molecule has 0 amide bonds. The van der Waals surface area contributed by atoms with Crippen LogP contribution in [-0.4, -0.2) is 6.85 Å². The maximum absolute atomic E-state index is 2.41. The molecule has 128 valence electrons. The molecule has 0 atom stereocenters. The van der Waals surface area contributed by atoms with Crippen LogP contribution in [0.3, 0.4) is 0 Å². The number of fused-ring (bicyclic) bond motifs is 1. The average molecular weight is 331 g/mol. The van der Waals surface area contributed by atoms with Crippen LogP contribution in [0.25, 0.3) is 12.2 Å². The van der Waals surface area contributed by atoms with Gasteiger partial charge < -0.3 is 0 Å². The monoisotopic (exact) mass is 331 g/mol. The lowest BCUT2D eigenvalue weighted by Crippen LogP contribution is -2.48. The average Bonchev–Trinajstić information content (AvgIpc) is 2.64. The topological polar surface area (TPSA) is 7.12 Å². The summed E-state index contributed by atoms with van der Waals surface area (Å²) < 4.78 is 2.25. The summed E-state index contributed by atoms with van der Waals surface area (Å²) in [6.07, 6.45) is 12.8. The highest BCUT2D eigenvalue weighted by Gasteiger charge is 2.28. The van der Waals surface area contributed by atoms with Gasteiger partial charge in [0, 0.05) is 11.3 Å². The lowest BCUT2D eigenvalue weighted by atomic mass is 9.61. The summed E-state index contributed by atoms with van der Waals surface area (Å²) in [7, 11) is 2.15. The molecule has 1 aromatic heterocycles. The zero-order valence-corrected chi connectivity index (χ0v) is 15.5. The fraction of sp³-hybridized carbons (Fsp3) is 0.409. The van der Waals surface area contributed by atoms with Crippen LogP contribution in [0.2, 0.25) is 6.82 Å². The number of aromatic nitrogens is 1. The van der Waals surface area contributed by atoms with Crippen molar-refractivity contribution in [3.8, 4) is 0 Å². The van der Waals surface area contributed by atoms with Crippen molar-refractivity contribution in [2.24, 2.45) is 13.0 Å². The molecule has 2 heterocycles. The number of anilines is 1. The highest BCUT2D eigenvalue weighted by molar-refractivity contribution is 6.76. The largest absolute Gasteiger partial charge is 0.402 e. The molecule has 0 N–H and O–H groups in total. The van der Waals surface area contributed by atoms with Crippen LogP contribution in [0.15, 0.2) is 42.6 Å². The van der Waals surface area contributed by atoms with Crippen molar-refractivity contribution in [2.75, 3.05) is 4.81 Å².